The molecule has 2 heterocycles. The first-order valence-electron chi connectivity index (χ1n) is 8.17. The van der Waals surface area contributed by atoms with Crippen LogP contribution < -0.4 is 5.73 Å². The van der Waals surface area contributed by atoms with Crippen LogP contribution in [-0.4, -0.2) is 33.5 Å². The van der Waals surface area contributed by atoms with E-state index in [1.165, 1.54) is 0 Å². The average molecular weight is 327 g/mol. The van der Waals surface area contributed by atoms with E-state index < -0.39 is 5.91 Å². The van der Waals surface area contributed by atoms with E-state index in [9.17, 15) is 9.59 Å². The maximum atomic E-state index is 12.4. The Morgan fingerprint density at radius 3 is 2.79 bits per heavy atom. The zero-order chi connectivity index (χ0) is 17.5. The second kappa shape index (κ2) is 5.92. The van der Waals surface area contributed by atoms with Gasteiger partial charge in [-0.05, 0) is 35.4 Å². The Balaban J connectivity index is 2.02. The number of H-pyrrole nitrogens is 1. The first-order valence-corrected chi connectivity index (χ1v) is 8.17. The van der Waals surface area contributed by atoms with E-state index in [1.807, 2.05) is 17.0 Å². The lowest BCUT2D eigenvalue weighted by atomic mass is 9.92. The summed E-state index contributed by atoms with van der Waals surface area (Å²) in [6.07, 6.45) is 3.18. The molecular weight excluding hydrogens is 304 g/mol. The molecule has 1 aliphatic heterocycles. The lowest BCUT2D eigenvalue weighted by molar-refractivity contribution is -0.128. The molecule has 2 aromatic rings. The molecule has 3 N–H and O–H groups in total. The van der Waals surface area contributed by atoms with E-state index in [2.05, 4.69) is 31.0 Å². The highest BCUT2D eigenvalue weighted by Crippen LogP contribution is 2.29. The topological polar surface area (TPSA) is 92.1 Å². The number of hydrogen-bond acceptors (Lipinski definition) is 3. The van der Waals surface area contributed by atoms with Crippen LogP contribution in [-0.2, 0) is 17.8 Å². The second-order valence-corrected chi connectivity index (χ2v) is 7.54. The molecule has 0 spiro atoms. The third-order valence-corrected chi connectivity index (χ3v) is 4.46. The van der Waals surface area contributed by atoms with Gasteiger partial charge in [0, 0.05) is 18.5 Å². The Kier molecular flexibility index (Phi) is 4.07. The van der Waals surface area contributed by atoms with Crippen molar-refractivity contribution in [1.29, 1.82) is 0 Å². The smallest absolute Gasteiger partial charge is 0.269 e. The Labute approximate surface area is 141 Å². The number of nitrogens with two attached hydrogens (primary N) is 1. The molecule has 0 fully saturated rings. The number of nitrogens with zero attached hydrogens (tertiary/aromatic N) is 2. The fourth-order valence-electron chi connectivity index (χ4n) is 3.03. The Morgan fingerprint density at radius 2 is 2.12 bits per heavy atom. The SMILES string of the molecule is CC(C)(C)CCN1Cc2c(ccc3[nH]nc(C(N)=O)c23)C[CH]C1=O. The molecule has 0 saturated heterocycles. The molecule has 0 saturated carbocycles. The van der Waals surface area contributed by atoms with Crippen LogP contribution in [0.2, 0.25) is 0 Å². The molecule has 2 amide bonds. The van der Waals surface area contributed by atoms with Gasteiger partial charge in [-0.15, -0.1) is 0 Å². The van der Waals surface area contributed by atoms with E-state index in [4.69, 9.17) is 5.73 Å². The Hall–Kier alpha value is -2.37. The minimum absolute atomic E-state index is 0.0349. The van der Waals surface area contributed by atoms with Crippen LogP contribution in [0.1, 0.15) is 48.8 Å². The maximum Gasteiger partial charge on any atom is 0.269 e. The van der Waals surface area contributed by atoms with Crippen molar-refractivity contribution in [3.63, 3.8) is 0 Å². The number of hydrogen-bond donors (Lipinski definition) is 2. The predicted molar refractivity (Wildman–Crippen MR) is 92.1 cm³/mol. The van der Waals surface area contributed by atoms with Crippen molar-refractivity contribution < 1.29 is 9.59 Å². The molecule has 0 bridgehead atoms. The fourth-order valence-corrected chi connectivity index (χ4v) is 3.03. The molecular formula is C18H23N4O2. The molecule has 24 heavy (non-hydrogen) atoms. The number of carbonyl (C=O) groups is 2. The number of primary amides is 1. The summed E-state index contributed by atoms with van der Waals surface area (Å²) in [6, 6.07) is 3.87. The largest absolute Gasteiger partial charge is 0.364 e. The highest BCUT2D eigenvalue weighted by molar-refractivity contribution is 6.05. The van der Waals surface area contributed by atoms with E-state index in [-0.39, 0.29) is 17.0 Å². The van der Waals surface area contributed by atoms with Gasteiger partial charge in [0.2, 0.25) is 5.91 Å². The number of fused-ring (bicyclic) bond motifs is 3. The summed E-state index contributed by atoms with van der Waals surface area (Å²) in [4.78, 5) is 26.0. The number of carbonyl (C=O) groups excluding carboxylic acids is 2. The lowest BCUT2D eigenvalue weighted by Crippen LogP contribution is -2.32. The zero-order valence-electron chi connectivity index (χ0n) is 14.3. The average Bonchev–Trinajstić information content (AvgIpc) is 2.86. The Morgan fingerprint density at radius 1 is 1.38 bits per heavy atom. The molecule has 6 nitrogen and oxygen atoms in total. The van der Waals surface area contributed by atoms with Crippen LogP contribution in [0.15, 0.2) is 12.1 Å². The maximum absolute atomic E-state index is 12.4. The molecule has 3 rings (SSSR count). The molecule has 1 aliphatic rings. The van der Waals surface area contributed by atoms with Crippen molar-refractivity contribution in [2.24, 2.45) is 11.1 Å². The summed E-state index contributed by atoms with van der Waals surface area (Å²) >= 11 is 0. The van der Waals surface area contributed by atoms with E-state index in [1.54, 1.807) is 6.42 Å². The first-order chi connectivity index (χ1) is 11.3. The molecule has 0 aliphatic carbocycles. The molecule has 1 radical (unpaired) electrons. The molecule has 1 aromatic carbocycles. The summed E-state index contributed by atoms with van der Waals surface area (Å²) in [7, 11) is 0. The minimum atomic E-state index is -0.560. The summed E-state index contributed by atoms with van der Waals surface area (Å²) in [6.45, 7) is 7.63. The molecule has 0 atom stereocenters. The van der Waals surface area contributed by atoms with Gasteiger partial charge in [-0.25, -0.2) is 0 Å². The van der Waals surface area contributed by atoms with E-state index >= 15 is 0 Å². The fraction of sp³-hybridized carbons (Fsp3) is 0.444. The van der Waals surface area contributed by atoms with Gasteiger partial charge in [0.05, 0.1) is 11.9 Å². The van der Waals surface area contributed by atoms with Crippen molar-refractivity contribution in [2.75, 3.05) is 6.54 Å². The predicted octanol–water partition coefficient (Wildman–Crippen LogP) is 2.19. The van der Waals surface area contributed by atoms with Crippen molar-refractivity contribution in [3.05, 3.63) is 35.4 Å². The van der Waals surface area contributed by atoms with Crippen LogP contribution in [0.3, 0.4) is 0 Å². The van der Waals surface area contributed by atoms with Crippen LogP contribution in [0.25, 0.3) is 10.9 Å². The van der Waals surface area contributed by atoms with E-state index in [0.717, 1.165) is 28.5 Å². The summed E-state index contributed by atoms with van der Waals surface area (Å²) < 4.78 is 0. The van der Waals surface area contributed by atoms with Gasteiger partial charge in [-0.1, -0.05) is 26.8 Å². The van der Waals surface area contributed by atoms with Gasteiger partial charge in [0.1, 0.15) is 0 Å². The van der Waals surface area contributed by atoms with E-state index in [0.29, 0.717) is 19.5 Å². The summed E-state index contributed by atoms with van der Waals surface area (Å²) in [5.74, 6) is -0.525. The number of benzene rings is 1. The number of nitrogens with one attached hydrogen (secondary N) is 1. The van der Waals surface area contributed by atoms with Crippen LogP contribution in [0, 0.1) is 11.8 Å². The van der Waals surface area contributed by atoms with Gasteiger partial charge in [-0.2, -0.15) is 5.10 Å². The van der Waals surface area contributed by atoms with Crippen LogP contribution in [0.5, 0.6) is 0 Å². The van der Waals surface area contributed by atoms with Crippen LogP contribution in [0.4, 0.5) is 0 Å². The quantitative estimate of drug-likeness (QED) is 0.905. The summed E-state index contributed by atoms with van der Waals surface area (Å²) in [5.41, 5.74) is 8.63. The highest BCUT2D eigenvalue weighted by atomic mass is 16.2. The zero-order valence-corrected chi connectivity index (χ0v) is 14.3. The standard InChI is InChI=1S/C18H23N4O2/c1-18(2,3)8-9-22-10-12-11(5-7-14(22)23)4-6-13-15(12)16(17(19)24)21-20-13/h4,6-7H,5,8-10H2,1-3H3,(H2,19,24)(H,20,21). The third-order valence-electron chi connectivity index (χ3n) is 4.46. The minimum Gasteiger partial charge on any atom is -0.364 e. The highest BCUT2D eigenvalue weighted by Gasteiger charge is 2.26. The monoisotopic (exact) mass is 327 g/mol. The van der Waals surface area contributed by atoms with Crippen LogP contribution >= 0.6 is 0 Å². The van der Waals surface area contributed by atoms with Crippen molar-refractivity contribution in [3.8, 4) is 0 Å². The molecule has 127 valence electrons. The number of aromatic amines is 1. The molecule has 1 aromatic heterocycles. The molecule has 6 heteroatoms. The molecule has 0 unspecified atom stereocenters. The Bertz CT molecular complexity index is 801. The normalized spacial score (nSPS) is 15.5. The first kappa shape index (κ1) is 16.5. The van der Waals surface area contributed by atoms with Gasteiger partial charge in [0.15, 0.2) is 5.69 Å². The lowest BCUT2D eigenvalue weighted by Gasteiger charge is -2.26. The van der Waals surface area contributed by atoms with Gasteiger partial charge in [0.25, 0.3) is 5.91 Å². The number of amides is 2. The number of rotatable bonds is 3. The third kappa shape index (κ3) is 3.13. The van der Waals surface area contributed by atoms with Gasteiger partial charge >= 0.3 is 0 Å². The van der Waals surface area contributed by atoms with Gasteiger partial charge < -0.3 is 10.6 Å². The van der Waals surface area contributed by atoms with Crippen molar-refractivity contribution >= 4 is 22.7 Å². The number of aromatic nitrogens is 2. The van der Waals surface area contributed by atoms with Crippen molar-refractivity contribution in [1.82, 2.24) is 15.1 Å². The summed E-state index contributed by atoms with van der Waals surface area (Å²) in [5, 5.41) is 7.65. The van der Waals surface area contributed by atoms with Gasteiger partial charge in [-0.3, -0.25) is 14.7 Å². The second-order valence-electron chi connectivity index (χ2n) is 7.54. The van der Waals surface area contributed by atoms with Crippen molar-refractivity contribution in [2.45, 2.75) is 40.2 Å².